The molecule has 0 saturated carbocycles. The van der Waals surface area contributed by atoms with Gasteiger partial charge in [0, 0.05) is 34.0 Å². The standard InChI is InChI=1S/C28H34BrNO5/c1-2-33-27(32)20-34-22-14-12-21(13-15-22)28-24-17-16-23(25(24)19-35-30-28)26(31)11-9-7-5-3-4-6-8-10-18-29/h12-17,19H,2-11,18,20H2,1H3. The third-order valence-electron chi connectivity index (χ3n) is 5.94. The van der Waals surface area contributed by atoms with E-state index in [1.165, 1.54) is 38.5 Å². The monoisotopic (exact) mass is 543 g/mol. The molecule has 3 rings (SSSR count). The van der Waals surface area contributed by atoms with Crippen molar-refractivity contribution in [2.45, 2.75) is 64.7 Å². The largest absolute Gasteiger partial charge is 0.482 e. The van der Waals surface area contributed by atoms with Gasteiger partial charge in [-0.2, -0.15) is 0 Å². The van der Waals surface area contributed by atoms with Crippen LogP contribution in [-0.4, -0.2) is 35.5 Å². The third-order valence-corrected chi connectivity index (χ3v) is 6.51. The van der Waals surface area contributed by atoms with Crippen LogP contribution in [0.4, 0.5) is 0 Å². The quantitative estimate of drug-likeness (QED) is 0.0805. The van der Waals surface area contributed by atoms with Gasteiger partial charge >= 0.3 is 5.97 Å². The Labute approximate surface area is 215 Å². The first-order chi connectivity index (χ1) is 17.1. The second-order valence-corrected chi connectivity index (χ2v) is 9.34. The second-order valence-electron chi connectivity index (χ2n) is 8.55. The molecule has 0 spiro atoms. The topological polar surface area (TPSA) is 78.6 Å². The number of nitrogens with zero attached hydrogens (tertiary/aromatic N) is 1. The Morgan fingerprint density at radius 3 is 2.26 bits per heavy atom. The zero-order chi connectivity index (χ0) is 24.9. The summed E-state index contributed by atoms with van der Waals surface area (Å²) < 4.78 is 15.7. The Kier molecular flexibility index (Phi) is 11.3. The lowest BCUT2D eigenvalue weighted by Gasteiger charge is -2.09. The van der Waals surface area contributed by atoms with Gasteiger partial charge in [-0.25, -0.2) is 4.79 Å². The first-order valence-corrected chi connectivity index (χ1v) is 13.6. The summed E-state index contributed by atoms with van der Waals surface area (Å²) in [5, 5.41) is 5.29. The number of hydrogen-bond donors (Lipinski definition) is 0. The normalized spacial score (nSPS) is 11.0. The summed E-state index contributed by atoms with van der Waals surface area (Å²) in [6.07, 6.45) is 11.7. The Morgan fingerprint density at radius 2 is 1.57 bits per heavy atom. The van der Waals surface area contributed by atoms with Crippen molar-refractivity contribution in [2.24, 2.45) is 0 Å². The Hall–Kier alpha value is -2.67. The average Bonchev–Trinajstić information content (AvgIpc) is 3.31. The molecule has 0 atom stereocenters. The van der Waals surface area contributed by atoms with Gasteiger partial charge in [0.25, 0.3) is 0 Å². The van der Waals surface area contributed by atoms with Gasteiger partial charge in [-0.1, -0.05) is 65.7 Å². The number of ether oxygens (including phenoxy) is 2. The van der Waals surface area contributed by atoms with Crippen molar-refractivity contribution in [3.05, 3.63) is 48.2 Å². The lowest BCUT2D eigenvalue weighted by molar-refractivity contribution is -0.145. The number of benzene rings is 1. The molecule has 1 heterocycles. The molecule has 35 heavy (non-hydrogen) atoms. The lowest BCUT2D eigenvalue weighted by atomic mass is 9.99. The van der Waals surface area contributed by atoms with E-state index >= 15 is 0 Å². The van der Waals surface area contributed by atoms with E-state index in [4.69, 9.17) is 14.0 Å². The van der Waals surface area contributed by atoms with Gasteiger partial charge in [-0.3, -0.25) is 4.79 Å². The molecule has 0 radical (unpaired) electrons. The number of carbonyl (C=O) groups excluding carboxylic acids is 2. The smallest absolute Gasteiger partial charge is 0.344 e. The number of hydrogen-bond acceptors (Lipinski definition) is 6. The van der Waals surface area contributed by atoms with Crippen molar-refractivity contribution in [3.8, 4) is 28.1 Å². The molecule has 188 valence electrons. The van der Waals surface area contributed by atoms with Crippen LogP contribution in [0.15, 0.2) is 47.2 Å². The van der Waals surface area contributed by atoms with E-state index in [2.05, 4.69) is 21.1 Å². The number of carbonyl (C=O) groups is 2. The summed E-state index contributed by atoms with van der Waals surface area (Å²) in [7, 11) is 0. The van der Waals surface area contributed by atoms with E-state index in [9.17, 15) is 9.59 Å². The zero-order valence-corrected chi connectivity index (χ0v) is 22.0. The van der Waals surface area contributed by atoms with E-state index in [0.29, 0.717) is 30.0 Å². The first-order valence-electron chi connectivity index (χ1n) is 12.5. The molecule has 1 aromatic carbocycles. The van der Waals surface area contributed by atoms with Gasteiger partial charge in [0.1, 0.15) is 17.7 Å². The fourth-order valence-corrected chi connectivity index (χ4v) is 4.48. The maximum Gasteiger partial charge on any atom is 0.344 e. The predicted octanol–water partition coefficient (Wildman–Crippen LogP) is 7.48. The number of unbranched alkanes of at least 4 members (excludes halogenated alkanes) is 7. The van der Waals surface area contributed by atoms with Crippen molar-refractivity contribution in [2.75, 3.05) is 18.5 Å². The minimum atomic E-state index is -0.406. The molecule has 1 aliphatic heterocycles. The molecule has 6 nitrogen and oxygen atoms in total. The van der Waals surface area contributed by atoms with E-state index in [-0.39, 0.29) is 12.4 Å². The van der Waals surface area contributed by atoms with Gasteiger partial charge in [-0.05, 0) is 50.1 Å². The fraction of sp³-hybridized carbons (Fsp3) is 0.464. The van der Waals surface area contributed by atoms with Crippen molar-refractivity contribution in [1.82, 2.24) is 5.16 Å². The molecule has 0 N–H and O–H groups in total. The van der Waals surface area contributed by atoms with Crippen LogP contribution in [0.2, 0.25) is 0 Å². The maximum absolute atomic E-state index is 12.9. The minimum absolute atomic E-state index is 0.137. The highest BCUT2D eigenvalue weighted by molar-refractivity contribution is 9.09. The summed E-state index contributed by atoms with van der Waals surface area (Å²) in [6.45, 7) is 1.94. The van der Waals surface area contributed by atoms with Crippen LogP contribution in [0.25, 0.3) is 22.4 Å². The number of fused-ring (bicyclic) bond motifs is 1. The predicted molar refractivity (Wildman–Crippen MR) is 140 cm³/mol. The molecule has 1 aliphatic carbocycles. The van der Waals surface area contributed by atoms with Crippen molar-refractivity contribution < 1.29 is 23.6 Å². The highest BCUT2D eigenvalue weighted by atomic mass is 79.9. The van der Waals surface area contributed by atoms with Crippen LogP contribution in [0.3, 0.4) is 0 Å². The molecule has 1 aromatic rings. The Bertz CT molecular complexity index is 1030. The number of alkyl halides is 1. The van der Waals surface area contributed by atoms with Gasteiger partial charge in [-0.15, -0.1) is 0 Å². The van der Waals surface area contributed by atoms with Crippen LogP contribution < -0.4 is 4.74 Å². The summed E-state index contributed by atoms with van der Waals surface area (Å²) in [5.74, 6) is 0.298. The second kappa shape index (κ2) is 14.7. The van der Waals surface area contributed by atoms with Gasteiger partial charge < -0.3 is 14.0 Å². The number of halogens is 1. The van der Waals surface area contributed by atoms with Gasteiger partial charge in [0.15, 0.2) is 12.4 Å². The average molecular weight is 544 g/mol. The summed E-state index contributed by atoms with van der Waals surface area (Å²) >= 11 is 3.47. The number of Topliss-reactive ketones (excluding diaryl/α,β-unsaturated/α-hetero) is 1. The van der Waals surface area contributed by atoms with E-state index in [1.54, 1.807) is 25.3 Å². The van der Waals surface area contributed by atoms with Crippen LogP contribution in [0, 0.1) is 0 Å². The molecule has 0 bridgehead atoms. The van der Waals surface area contributed by atoms with Crippen molar-refractivity contribution in [1.29, 1.82) is 0 Å². The van der Waals surface area contributed by atoms with E-state index in [1.807, 2.05) is 24.3 Å². The molecule has 0 unspecified atom stereocenters. The van der Waals surface area contributed by atoms with Gasteiger partial charge in [0.2, 0.25) is 0 Å². The summed E-state index contributed by atoms with van der Waals surface area (Å²) in [6, 6.07) is 11.0. The lowest BCUT2D eigenvalue weighted by Crippen LogP contribution is -2.14. The van der Waals surface area contributed by atoms with E-state index in [0.717, 1.165) is 34.9 Å². The van der Waals surface area contributed by atoms with Crippen molar-refractivity contribution >= 4 is 27.7 Å². The summed E-state index contributed by atoms with van der Waals surface area (Å²) in [5.41, 5.74) is 3.86. The number of ketones is 1. The maximum atomic E-state index is 12.9. The molecule has 0 aromatic heterocycles. The first kappa shape index (κ1) is 26.9. The third kappa shape index (κ3) is 8.20. The number of rotatable bonds is 16. The van der Waals surface area contributed by atoms with E-state index < -0.39 is 5.97 Å². The SMILES string of the molecule is CCOC(=O)COc1ccc(-c2nocc3c(C(=O)CCCCCCCCCCBr)ccc2-3)cc1. The van der Waals surface area contributed by atoms with Crippen LogP contribution in [0.5, 0.6) is 5.75 Å². The Balaban J connectivity index is 1.52. The fourth-order valence-electron chi connectivity index (χ4n) is 4.09. The van der Waals surface area contributed by atoms with Crippen molar-refractivity contribution in [3.63, 3.8) is 0 Å². The highest BCUT2D eigenvalue weighted by Gasteiger charge is 2.21. The minimum Gasteiger partial charge on any atom is -0.482 e. The molecule has 0 saturated heterocycles. The highest BCUT2D eigenvalue weighted by Crippen LogP contribution is 2.36. The van der Waals surface area contributed by atoms with Crippen LogP contribution in [0.1, 0.15) is 75.1 Å². The molecule has 7 heteroatoms. The molecular weight excluding hydrogens is 510 g/mol. The molecule has 0 fully saturated rings. The van der Waals surface area contributed by atoms with Crippen LogP contribution in [-0.2, 0) is 9.53 Å². The molecule has 0 amide bonds. The van der Waals surface area contributed by atoms with Crippen LogP contribution >= 0.6 is 15.9 Å². The van der Waals surface area contributed by atoms with Gasteiger partial charge in [0.05, 0.1) is 6.61 Å². The zero-order valence-electron chi connectivity index (χ0n) is 20.4. The number of esters is 1. The molecule has 2 aliphatic rings. The summed E-state index contributed by atoms with van der Waals surface area (Å²) in [4.78, 5) is 24.3. The molecular formula is C28H34BrNO5. The number of aromatic nitrogens is 1. The Morgan fingerprint density at radius 1 is 0.886 bits per heavy atom.